The van der Waals surface area contributed by atoms with E-state index in [-0.39, 0.29) is 4.90 Å². The molecule has 0 heterocycles. The van der Waals surface area contributed by atoms with E-state index in [1.165, 1.54) is 13.2 Å². The molecule has 0 amide bonds. The van der Waals surface area contributed by atoms with E-state index in [1.807, 2.05) is 19.1 Å². The third kappa shape index (κ3) is 3.29. The van der Waals surface area contributed by atoms with Crippen molar-refractivity contribution < 1.29 is 22.7 Å². The molecule has 2 aromatic rings. The first-order valence-corrected chi connectivity index (χ1v) is 10.2. The Hall–Kier alpha value is -2.12. The predicted octanol–water partition coefficient (Wildman–Crippen LogP) is 3.00. The van der Waals surface area contributed by atoms with Crippen LogP contribution in [-0.2, 0) is 19.6 Å². The monoisotopic (exact) mass is 377 g/mol. The third-order valence-corrected chi connectivity index (χ3v) is 6.39. The van der Waals surface area contributed by atoms with Crippen molar-refractivity contribution in [2.45, 2.75) is 43.0 Å². The molecule has 0 atom stereocenters. The zero-order valence-electron chi connectivity index (χ0n) is 14.9. The standard InChI is InChI=1S/C19H23NO5S/c1-3-25-16-10-11-17(15-9-5-4-8-14(15)16)26(22,23)20-19(18(21)24-2)12-6-7-13-19/h4-5,8-11,20H,3,6-7,12-13H2,1-2H3. The number of hydrogen-bond acceptors (Lipinski definition) is 5. The van der Waals surface area contributed by atoms with Crippen LogP contribution in [0.15, 0.2) is 41.3 Å². The Bertz CT molecular complexity index is 917. The average molecular weight is 377 g/mol. The van der Waals surface area contributed by atoms with Crippen molar-refractivity contribution in [3.8, 4) is 5.75 Å². The van der Waals surface area contributed by atoms with Crippen molar-refractivity contribution in [2.24, 2.45) is 0 Å². The van der Waals surface area contributed by atoms with Crippen LogP contribution < -0.4 is 9.46 Å². The molecular formula is C19H23NO5S. The maximum absolute atomic E-state index is 13.1. The van der Waals surface area contributed by atoms with E-state index in [2.05, 4.69) is 4.72 Å². The van der Waals surface area contributed by atoms with Gasteiger partial charge in [-0.05, 0) is 31.9 Å². The minimum Gasteiger partial charge on any atom is -0.493 e. The number of benzene rings is 2. The van der Waals surface area contributed by atoms with Crippen LogP contribution in [0.3, 0.4) is 0 Å². The quantitative estimate of drug-likeness (QED) is 0.783. The van der Waals surface area contributed by atoms with E-state index in [0.29, 0.717) is 30.6 Å². The van der Waals surface area contributed by atoms with Gasteiger partial charge in [-0.2, -0.15) is 4.72 Å². The largest absolute Gasteiger partial charge is 0.493 e. The molecule has 2 aromatic carbocycles. The molecule has 0 saturated heterocycles. The van der Waals surface area contributed by atoms with E-state index >= 15 is 0 Å². The summed E-state index contributed by atoms with van der Waals surface area (Å²) in [6, 6.07) is 10.4. The van der Waals surface area contributed by atoms with E-state index < -0.39 is 21.5 Å². The lowest BCUT2D eigenvalue weighted by Crippen LogP contribution is -2.52. The van der Waals surface area contributed by atoms with E-state index in [0.717, 1.165) is 18.2 Å². The molecule has 3 rings (SSSR count). The number of nitrogens with one attached hydrogen (secondary N) is 1. The van der Waals surface area contributed by atoms with Crippen LogP contribution in [0.2, 0.25) is 0 Å². The first kappa shape index (κ1) is 18.7. The summed E-state index contributed by atoms with van der Waals surface area (Å²) in [5.41, 5.74) is -1.19. The Balaban J connectivity index is 2.08. The molecule has 0 bridgehead atoms. The van der Waals surface area contributed by atoms with Gasteiger partial charge in [0.05, 0.1) is 18.6 Å². The van der Waals surface area contributed by atoms with Crippen molar-refractivity contribution in [3.63, 3.8) is 0 Å². The van der Waals surface area contributed by atoms with Crippen molar-refractivity contribution in [2.75, 3.05) is 13.7 Å². The van der Waals surface area contributed by atoms with Gasteiger partial charge in [-0.3, -0.25) is 4.79 Å². The van der Waals surface area contributed by atoms with Crippen LogP contribution in [0.5, 0.6) is 5.75 Å². The van der Waals surface area contributed by atoms with Gasteiger partial charge in [-0.15, -0.1) is 0 Å². The molecule has 0 unspecified atom stereocenters. The zero-order valence-corrected chi connectivity index (χ0v) is 15.8. The van der Waals surface area contributed by atoms with Gasteiger partial charge in [0.1, 0.15) is 11.3 Å². The number of ether oxygens (including phenoxy) is 2. The summed E-state index contributed by atoms with van der Waals surface area (Å²) in [5.74, 6) is 0.0967. The van der Waals surface area contributed by atoms with Crippen LogP contribution in [-0.4, -0.2) is 33.6 Å². The maximum atomic E-state index is 13.1. The molecule has 0 aliphatic heterocycles. The third-order valence-electron chi connectivity index (χ3n) is 4.80. The normalized spacial score (nSPS) is 16.5. The molecule has 0 aromatic heterocycles. The molecule has 26 heavy (non-hydrogen) atoms. The number of methoxy groups -OCH3 is 1. The number of sulfonamides is 1. The Morgan fingerprint density at radius 1 is 1.12 bits per heavy atom. The summed E-state index contributed by atoms with van der Waals surface area (Å²) in [4.78, 5) is 12.4. The van der Waals surface area contributed by atoms with Gasteiger partial charge in [0.25, 0.3) is 0 Å². The number of carbonyl (C=O) groups is 1. The van der Waals surface area contributed by atoms with Crippen molar-refractivity contribution in [3.05, 3.63) is 36.4 Å². The summed E-state index contributed by atoms with van der Waals surface area (Å²) in [7, 11) is -2.64. The van der Waals surface area contributed by atoms with E-state index in [9.17, 15) is 13.2 Å². The molecule has 0 radical (unpaired) electrons. The van der Waals surface area contributed by atoms with Crippen LogP contribution in [0.4, 0.5) is 0 Å². The lowest BCUT2D eigenvalue weighted by atomic mass is 10.00. The fourth-order valence-electron chi connectivity index (χ4n) is 3.59. The zero-order chi connectivity index (χ0) is 18.8. The van der Waals surface area contributed by atoms with Gasteiger partial charge in [-0.1, -0.05) is 37.1 Å². The molecule has 7 heteroatoms. The minimum atomic E-state index is -3.92. The highest BCUT2D eigenvalue weighted by Crippen LogP contribution is 2.35. The highest BCUT2D eigenvalue weighted by atomic mass is 32.2. The first-order valence-electron chi connectivity index (χ1n) is 8.70. The highest BCUT2D eigenvalue weighted by Gasteiger charge is 2.45. The fraction of sp³-hybridized carbons (Fsp3) is 0.421. The lowest BCUT2D eigenvalue weighted by molar-refractivity contribution is -0.147. The molecule has 140 valence electrons. The second kappa shape index (κ2) is 7.25. The molecule has 0 spiro atoms. The van der Waals surface area contributed by atoms with Crippen LogP contribution in [0.25, 0.3) is 10.8 Å². The summed E-state index contributed by atoms with van der Waals surface area (Å²) in [6.07, 6.45) is 2.44. The fourth-order valence-corrected chi connectivity index (χ4v) is 5.22. The summed E-state index contributed by atoms with van der Waals surface area (Å²) < 4.78 is 39.4. The number of rotatable bonds is 6. The molecule has 6 nitrogen and oxygen atoms in total. The molecule has 1 saturated carbocycles. The Morgan fingerprint density at radius 2 is 1.77 bits per heavy atom. The second-order valence-corrected chi connectivity index (χ2v) is 8.08. The number of esters is 1. The predicted molar refractivity (Wildman–Crippen MR) is 98.7 cm³/mol. The molecule has 1 aliphatic rings. The summed E-state index contributed by atoms with van der Waals surface area (Å²) in [6.45, 7) is 2.36. The van der Waals surface area contributed by atoms with Gasteiger partial charge < -0.3 is 9.47 Å². The second-order valence-electron chi connectivity index (χ2n) is 6.43. The SMILES string of the molecule is CCOc1ccc(S(=O)(=O)NC2(C(=O)OC)CCCC2)c2ccccc12. The highest BCUT2D eigenvalue weighted by molar-refractivity contribution is 7.89. The molecular weight excluding hydrogens is 354 g/mol. The smallest absolute Gasteiger partial charge is 0.327 e. The van der Waals surface area contributed by atoms with E-state index in [1.54, 1.807) is 18.2 Å². The Labute approximate surface area is 153 Å². The summed E-state index contributed by atoms with van der Waals surface area (Å²) in [5, 5.41) is 1.28. The Kier molecular flexibility index (Phi) is 5.20. The van der Waals surface area contributed by atoms with Gasteiger partial charge in [0, 0.05) is 10.8 Å². The Morgan fingerprint density at radius 3 is 2.38 bits per heavy atom. The average Bonchev–Trinajstić information content (AvgIpc) is 3.10. The lowest BCUT2D eigenvalue weighted by Gasteiger charge is -2.27. The van der Waals surface area contributed by atoms with Crippen LogP contribution in [0, 0.1) is 0 Å². The van der Waals surface area contributed by atoms with Gasteiger partial charge in [0.15, 0.2) is 0 Å². The van der Waals surface area contributed by atoms with Crippen molar-refractivity contribution in [1.29, 1.82) is 0 Å². The van der Waals surface area contributed by atoms with Crippen LogP contribution in [0.1, 0.15) is 32.6 Å². The topological polar surface area (TPSA) is 81.7 Å². The van der Waals surface area contributed by atoms with Crippen LogP contribution >= 0.6 is 0 Å². The van der Waals surface area contributed by atoms with Crippen molar-refractivity contribution in [1.82, 2.24) is 4.72 Å². The summed E-state index contributed by atoms with van der Waals surface area (Å²) >= 11 is 0. The molecule has 1 aliphatic carbocycles. The van der Waals surface area contributed by atoms with Gasteiger partial charge >= 0.3 is 5.97 Å². The molecule has 1 N–H and O–H groups in total. The molecule has 1 fully saturated rings. The maximum Gasteiger partial charge on any atom is 0.327 e. The van der Waals surface area contributed by atoms with E-state index in [4.69, 9.17) is 9.47 Å². The van der Waals surface area contributed by atoms with Gasteiger partial charge in [0.2, 0.25) is 10.0 Å². The number of fused-ring (bicyclic) bond motifs is 1. The van der Waals surface area contributed by atoms with Crippen molar-refractivity contribution >= 4 is 26.8 Å². The minimum absolute atomic E-state index is 0.131. The van der Waals surface area contributed by atoms with Gasteiger partial charge in [-0.25, -0.2) is 8.42 Å². The first-order chi connectivity index (χ1) is 12.4. The number of carbonyl (C=O) groups excluding carboxylic acids is 1. The number of hydrogen-bond donors (Lipinski definition) is 1.